The number of thiazole rings is 1. The maximum atomic E-state index is 13.2. The third-order valence-corrected chi connectivity index (χ3v) is 8.55. The van der Waals surface area contributed by atoms with Crippen molar-refractivity contribution in [2.24, 2.45) is 17.8 Å². The van der Waals surface area contributed by atoms with Gasteiger partial charge in [0.1, 0.15) is 0 Å². The van der Waals surface area contributed by atoms with Crippen molar-refractivity contribution in [3.8, 4) is 11.3 Å². The number of imidazole rings is 1. The molecule has 3 aliphatic carbocycles. The number of aromatic nitrogens is 2. The second-order valence-electron chi connectivity index (χ2n) is 9.42. The van der Waals surface area contributed by atoms with E-state index in [9.17, 15) is 13.2 Å². The summed E-state index contributed by atoms with van der Waals surface area (Å²) in [7, 11) is 0. The lowest BCUT2D eigenvalue weighted by Gasteiger charge is -2.36. The van der Waals surface area contributed by atoms with Crippen LogP contribution in [0.3, 0.4) is 0 Å². The quantitative estimate of drug-likeness (QED) is 0.442. The Morgan fingerprint density at radius 1 is 1.10 bits per heavy atom. The van der Waals surface area contributed by atoms with Crippen LogP contribution in [0.4, 0.5) is 13.2 Å². The van der Waals surface area contributed by atoms with E-state index in [1.54, 1.807) is 6.07 Å². The van der Waals surface area contributed by atoms with Crippen LogP contribution < -0.4 is 0 Å². The maximum Gasteiger partial charge on any atom is 0.416 e. The molecule has 2 nitrogen and oxygen atoms in total. The van der Waals surface area contributed by atoms with E-state index in [-0.39, 0.29) is 5.41 Å². The van der Waals surface area contributed by atoms with Crippen molar-refractivity contribution in [3.63, 3.8) is 0 Å². The molecular weight excluding hydrogens is 393 g/mol. The Labute approximate surface area is 171 Å². The van der Waals surface area contributed by atoms with Gasteiger partial charge >= 0.3 is 6.18 Å². The van der Waals surface area contributed by atoms with E-state index < -0.39 is 11.7 Å². The number of halogens is 3. The molecule has 1 aromatic carbocycles. The molecule has 6 rings (SSSR count). The predicted octanol–water partition coefficient (Wildman–Crippen LogP) is 6.94. The summed E-state index contributed by atoms with van der Waals surface area (Å²) in [5.74, 6) is 2.51. The lowest BCUT2D eigenvalue weighted by atomic mass is 9.68. The van der Waals surface area contributed by atoms with Crippen molar-refractivity contribution >= 4 is 16.3 Å². The first kappa shape index (κ1) is 18.0. The summed E-state index contributed by atoms with van der Waals surface area (Å²) >= 11 is 1.52. The molecule has 2 heterocycles. The van der Waals surface area contributed by atoms with Crippen LogP contribution in [0.1, 0.15) is 56.2 Å². The molecule has 0 radical (unpaired) electrons. The Kier molecular flexibility index (Phi) is 3.78. The van der Waals surface area contributed by atoms with E-state index in [1.807, 2.05) is 9.78 Å². The topological polar surface area (TPSA) is 17.3 Å². The molecule has 3 aromatic rings. The Morgan fingerprint density at radius 3 is 2.83 bits per heavy atom. The summed E-state index contributed by atoms with van der Waals surface area (Å²) in [6.45, 7) is 0. The number of nitrogens with zero attached hydrogens (tertiary/aromatic N) is 2. The summed E-state index contributed by atoms with van der Waals surface area (Å²) in [6, 6.07) is 5.62. The number of fused-ring (bicyclic) bond motifs is 3. The second-order valence-corrected chi connectivity index (χ2v) is 10.3. The summed E-state index contributed by atoms with van der Waals surface area (Å²) in [5.41, 5.74) is 2.16. The van der Waals surface area contributed by atoms with Gasteiger partial charge in [0.15, 0.2) is 4.96 Å². The molecule has 3 fully saturated rings. The fourth-order valence-electron chi connectivity index (χ4n) is 6.57. The molecule has 0 spiro atoms. The molecule has 0 amide bonds. The SMILES string of the molecule is FC(F)(F)c1cccc(-c2csc3nc(C45CC6CCCC(C4)C(C6)C5)cn23)c1. The molecule has 0 saturated heterocycles. The third-order valence-electron chi connectivity index (χ3n) is 7.71. The average molecular weight is 417 g/mol. The van der Waals surface area contributed by atoms with Crippen LogP contribution >= 0.6 is 11.3 Å². The Bertz CT molecular complexity index is 1080. The predicted molar refractivity (Wildman–Crippen MR) is 108 cm³/mol. The smallest absolute Gasteiger partial charge is 0.290 e. The summed E-state index contributed by atoms with van der Waals surface area (Å²) < 4.78 is 41.5. The number of hydrogen-bond acceptors (Lipinski definition) is 2. The minimum absolute atomic E-state index is 0.190. The van der Waals surface area contributed by atoms with Gasteiger partial charge in [-0.3, -0.25) is 4.40 Å². The number of alkyl halides is 3. The fourth-order valence-corrected chi connectivity index (χ4v) is 7.45. The highest BCUT2D eigenvalue weighted by molar-refractivity contribution is 7.15. The lowest BCUT2D eigenvalue weighted by Crippen LogP contribution is -2.31. The maximum absolute atomic E-state index is 13.2. The van der Waals surface area contributed by atoms with Crippen LogP contribution in [-0.4, -0.2) is 9.38 Å². The van der Waals surface area contributed by atoms with Crippen molar-refractivity contribution in [1.29, 1.82) is 0 Å². The van der Waals surface area contributed by atoms with Gasteiger partial charge in [-0.1, -0.05) is 31.4 Å². The van der Waals surface area contributed by atoms with Crippen molar-refractivity contribution in [2.75, 3.05) is 0 Å². The van der Waals surface area contributed by atoms with Gasteiger partial charge < -0.3 is 0 Å². The van der Waals surface area contributed by atoms with Crippen molar-refractivity contribution < 1.29 is 13.2 Å². The molecule has 0 N–H and O–H groups in total. The monoisotopic (exact) mass is 416 g/mol. The molecule has 29 heavy (non-hydrogen) atoms. The zero-order valence-corrected chi connectivity index (χ0v) is 16.9. The van der Waals surface area contributed by atoms with Crippen LogP contribution in [0.15, 0.2) is 35.8 Å². The number of rotatable bonds is 2. The van der Waals surface area contributed by atoms with Gasteiger partial charge in [0.05, 0.1) is 17.0 Å². The highest BCUT2D eigenvalue weighted by Gasteiger charge is 2.53. The molecule has 152 valence electrons. The lowest BCUT2D eigenvalue weighted by molar-refractivity contribution is -0.137. The molecular formula is C23H23F3N2S. The first-order valence-electron chi connectivity index (χ1n) is 10.6. The molecule has 3 saturated carbocycles. The summed E-state index contributed by atoms with van der Waals surface area (Å²) in [5, 5.41) is 1.92. The minimum Gasteiger partial charge on any atom is -0.290 e. The molecule has 3 aliphatic rings. The van der Waals surface area contributed by atoms with Crippen LogP contribution in [0, 0.1) is 17.8 Å². The first-order valence-corrected chi connectivity index (χ1v) is 11.4. The highest BCUT2D eigenvalue weighted by Crippen LogP contribution is 2.60. The summed E-state index contributed by atoms with van der Waals surface area (Å²) in [6.07, 6.45) is 7.02. The van der Waals surface area contributed by atoms with E-state index in [2.05, 4.69) is 6.20 Å². The first-order chi connectivity index (χ1) is 13.9. The zero-order chi connectivity index (χ0) is 19.8. The summed E-state index contributed by atoms with van der Waals surface area (Å²) in [4.78, 5) is 5.90. The second kappa shape index (κ2) is 6.10. The van der Waals surface area contributed by atoms with Crippen LogP contribution in [0.5, 0.6) is 0 Å². The van der Waals surface area contributed by atoms with Gasteiger partial charge in [-0.25, -0.2) is 4.98 Å². The van der Waals surface area contributed by atoms with E-state index >= 15 is 0 Å². The fraction of sp³-hybridized carbons (Fsp3) is 0.522. The van der Waals surface area contributed by atoms with E-state index in [0.717, 1.165) is 34.5 Å². The Hall–Kier alpha value is -1.82. The third kappa shape index (κ3) is 2.78. The van der Waals surface area contributed by atoms with Crippen molar-refractivity contribution in [3.05, 3.63) is 47.1 Å². The van der Waals surface area contributed by atoms with Gasteiger partial charge in [-0.2, -0.15) is 13.2 Å². The largest absolute Gasteiger partial charge is 0.416 e. The molecule has 6 heteroatoms. The van der Waals surface area contributed by atoms with E-state index in [0.29, 0.717) is 5.56 Å². The van der Waals surface area contributed by atoms with Crippen molar-refractivity contribution in [1.82, 2.24) is 9.38 Å². The molecule has 4 unspecified atom stereocenters. The van der Waals surface area contributed by atoms with Gasteiger partial charge in [0.25, 0.3) is 0 Å². The zero-order valence-electron chi connectivity index (χ0n) is 16.1. The van der Waals surface area contributed by atoms with Gasteiger partial charge in [0.2, 0.25) is 0 Å². The van der Waals surface area contributed by atoms with Gasteiger partial charge in [-0.05, 0) is 61.1 Å². The number of hydrogen-bond donors (Lipinski definition) is 0. The van der Waals surface area contributed by atoms with Crippen LogP contribution in [0.2, 0.25) is 0 Å². The average Bonchev–Trinajstić information content (AvgIpc) is 3.30. The molecule has 2 aromatic heterocycles. The van der Waals surface area contributed by atoms with Gasteiger partial charge in [0, 0.05) is 17.0 Å². The standard InChI is InChI=1S/C23H23F3N2S/c24-23(25,26)18-6-2-4-15(8-18)19-13-29-21-27-20(12-28(19)21)22-9-14-3-1-5-16(10-22)17(7-14)11-22/h2,4,6,8,12-14,16-17H,1,3,5,7,9-11H2. The highest BCUT2D eigenvalue weighted by atomic mass is 32.1. The van der Waals surface area contributed by atoms with Crippen LogP contribution in [0.25, 0.3) is 16.2 Å². The van der Waals surface area contributed by atoms with E-state index in [4.69, 9.17) is 4.98 Å². The normalized spacial score (nSPS) is 31.5. The van der Waals surface area contributed by atoms with Gasteiger partial charge in [-0.15, -0.1) is 11.3 Å². The molecule has 4 atom stereocenters. The van der Waals surface area contributed by atoms with Crippen LogP contribution in [-0.2, 0) is 11.6 Å². The Morgan fingerprint density at radius 2 is 1.97 bits per heavy atom. The van der Waals surface area contributed by atoms with Crippen molar-refractivity contribution in [2.45, 2.75) is 56.5 Å². The number of benzene rings is 1. The van der Waals surface area contributed by atoms with E-state index in [1.165, 1.54) is 74.1 Å². The Balaban J connectivity index is 1.41. The molecule has 0 aliphatic heterocycles. The minimum atomic E-state index is -4.33. The molecule has 3 bridgehead atoms.